The van der Waals surface area contributed by atoms with Crippen LogP contribution in [0.15, 0.2) is 41.8 Å². The summed E-state index contributed by atoms with van der Waals surface area (Å²) < 4.78 is 28.7. The highest BCUT2D eigenvalue weighted by Crippen LogP contribution is 2.24. The Kier molecular flexibility index (Phi) is 4.72. The Morgan fingerprint density at radius 1 is 1.19 bits per heavy atom. The number of aryl methyl sites for hydroxylation is 3. The Labute approximate surface area is 157 Å². The zero-order chi connectivity index (χ0) is 19.1. The zero-order valence-electron chi connectivity index (χ0n) is 14.6. The number of rotatable bonds is 5. The maximum atomic E-state index is 13.1. The molecule has 0 bridgehead atoms. The molecule has 136 valence electrons. The maximum Gasteiger partial charge on any atom is 0.266 e. The summed E-state index contributed by atoms with van der Waals surface area (Å²) in [5.41, 5.74) is 2.21. The zero-order valence-corrected chi connectivity index (χ0v) is 16.2. The molecule has 0 saturated heterocycles. The Morgan fingerprint density at radius 2 is 1.85 bits per heavy atom. The highest BCUT2D eigenvalue weighted by Gasteiger charge is 2.28. The van der Waals surface area contributed by atoms with Gasteiger partial charge >= 0.3 is 0 Å². The molecule has 2 heterocycles. The summed E-state index contributed by atoms with van der Waals surface area (Å²) in [6.07, 6.45) is 1.48. The third-order valence-corrected chi connectivity index (χ3v) is 6.23. The minimum atomic E-state index is -3.85. The molecule has 0 saturated carbocycles. The molecule has 0 fully saturated rings. The number of aromatic nitrogens is 4. The number of sulfonamides is 1. The van der Waals surface area contributed by atoms with Gasteiger partial charge in [-0.1, -0.05) is 35.4 Å². The lowest BCUT2D eigenvalue weighted by atomic mass is 10.2. The molecule has 0 amide bonds. The van der Waals surface area contributed by atoms with Crippen molar-refractivity contribution < 1.29 is 8.42 Å². The first-order chi connectivity index (χ1) is 12.3. The molecule has 1 aromatic carbocycles. The Hall–Kier alpha value is -2.45. The van der Waals surface area contributed by atoms with Crippen molar-refractivity contribution in [2.45, 2.75) is 25.7 Å². The molecule has 3 aromatic rings. The number of hydrogen-bond acceptors (Lipinski definition) is 5. The lowest BCUT2D eigenvalue weighted by molar-refractivity contribution is 0.591. The van der Waals surface area contributed by atoms with Gasteiger partial charge in [-0.3, -0.25) is 0 Å². The number of hydrogen-bond donors (Lipinski definition) is 0. The van der Waals surface area contributed by atoms with E-state index in [1.54, 1.807) is 38.1 Å². The molecule has 0 atom stereocenters. The number of benzene rings is 1. The van der Waals surface area contributed by atoms with Crippen LogP contribution in [-0.4, -0.2) is 34.5 Å². The predicted molar refractivity (Wildman–Crippen MR) is 101 cm³/mol. The van der Waals surface area contributed by atoms with E-state index >= 15 is 0 Å². The van der Waals surface area contributed by atoms with Crippen LogP contribution in [0.4, 0.5) is 5.95 Å². The van der Waals surface area contributed by atoms with E-state index in [9.17, 15) is 8.42 Å². The quantitative estimate of drug-likeness (QED) is 0.624. The largest absolute Gasteiger partial charge is 0.266 e. The summed E-state index contributed by atoms with van der Waals surface area (Å²) in [4.78, 5) is 8.72. The van der Waals surface area contributed by atoms with Gasteiger partial charge in [0.25, 0.3) is 21.7 Å². The van der Waals surface area contributed by atoms with Crippen molar-refractivity contribution in [1.82, 2.24) is 19.6 Å². The minimum Gasteiger partial charge on any atom is -0.228 e. The van der Waals surface area contributed by atoms with Crippen molar-refractivity contribution in [2.24, 2.45) is 0 Å². The molecular weight excluding hydrogens is 374 g/mol. The molecule has 0 aliphatic heterocycles. The second-order valence-electron chi connectivity index (χ2n) is 5.86. The van der Waals surface area contributed by atoms with Crippen LogP contribution in [0.1, 0.15) is 17.0 Å². The Balaban J connectivity index is 2.16. The third-order valence-electron chi connectivity index (χ3n) is 3.93. The summed E-state index contributed by atoms with van der Waals surface area (Å²) in [6, 6.07) is 6.60. The van der Waals surface area contributed by atoms with Crippen LogP contribution in [0, 0.1) is 20.8 Å². The molecule has 0 aliphatic rings. The summed E-state index contributed by atoms with van der Waals surface area (Å²) in [6.45, 7) is 9.09. The fourth-order valence-electron chi connectivity index (χ4n) is 2.49. The summed E-state index contributed by atoms with van der Waals surface area (Å²) >= 11 is 6.21. The topological polar surface area (TPSA) is 80.5 Å². The van der Waals surface area contributed by atoms with E-state index in [1.165, 1.54) is 10.6 Å². The van der Waals surface area contributed by atoms with Gasteiger partial charge in [-0.05, 0) is 32.9 Å². The average Bonchev–Trinajstić information content (AvgIpc) is 3.01. The highest BCUT2D eigenvalue weighted by molar-refractivity contribution is 7.92. The molecule has 0 spiro atoms. The van der Waals surface area contributed by atoms with Crippen LogP contribution in [0.25, 0.3) is 5.78 Å². The molecule has 3 rings (SSSR count). The Morgan fingerprint density at radius 3 is 2.46 bits per heavy atom. The number of fused-ring (bicyclic) bond motifs is 1. The van der Waals surface area contributed by atoms with Crippen LogP contribution in [0.3, 0.4) is 0 Å². The van der Waals surface area contributed by atoms with E-state index in [1.807, 2.05) is 6.92 Å². The molecule has 0 unspecified atom stereocenters. The molecule has 0 N–H and O–H groups in total. The fraction of sp³-hybridized carbons (Fsp3) is 0.235. The standard InChI is InChI=1S/C17H18ClN5O2S/c1-5-10-22(26(24,25)14-8-6-11(2)7-9-14)17-20-16-19-12(3)15(18)13(4)23(16)21-17/h5-9H,1,10H2,2-4H3. The van der Waals surface area contributed by atoms with Gasteiger partial charge in [0, 0.05) is 0 Å². The van der Waals surface area contributed by atoms with Gasteiger partial charge in [-0.2, -0.15) is 9.50 Å². The van der Waals surface area contributed by atoms with Crippen molar-refractivity contribution >= 4 is 33.4 Å². The first-order valence-electron chi connectivity index (χ1n) is 7.85. The van der Waals surface area contributed by atoms with E-state index in [4.69, 9.17) is 11.6 Å². The van der Waals surface area contributed by atoms with Crippen molar-refractivity contribution in [3.8, 4) is 0 Å². The van der Waals surface area contributed by atoms with Crippen LogP contribution >= 0.6 is 11.6 Å². The first-order valence-corrected chi connectivity index (χ1v) is 9.67. The number of nitrogens with zero attached hydrogens (tertiary/aromatic N) is 5. The van der Waals surface area contributed by atoms with Gasteiger partial charge in [0.05, 0.1) is 27.9 Å². The number of halogens is 1. The van der Waals surface area contributed by atoms with E-state index < -0.39 is 10.0 Å². The normalized spacial score (nSPS) is 11.7. The van der Waals surface area contributed by atoms with Crippen LogP contribution in [0.5, 0.6) is 0 Å². The van der Waals surface area contributed by atoms with E-state index in [0.717, 1.165) is 9.87 Å². The predicted octanol–water partition coefficient (Wildman–Crippen LogP) is 3.08. The summed E-state index contributed by atoms with van der Waals surface area (Å²) in [5.74, 6) is 0.301. The van der Waals surface area contributed by atoms with Gasteiger partial charge in [0.15, 0.2) is 0 Å². The molecule has 7 nitrogen and oxygen atoms in total. The van der Waals surface area contributed by atoms with Crippen molar-refractivity contribution in [3.63, 3.8) is 0 Å². The van der Waals surface area contributed by atoms with Crippen LogP contribution < -0.4 is 4.31 Å². The van der Waals surface area contributed by atoms with Crippen molar-refractivity contribution in [3.05, 3.63) is 58.9 Å². The monoisotopic (exact) mass is 391 g/mol. The second kappa shape index (κ2) is 6.69. The average molecular weight is 392 g/mol. The Bertz CT molecular complexity index is 1090. The lowest BCUT2D eigenvalue weighted by Gasteiger charge is -2.19. The van der Waals surface area contributed by atoms with Gasteiger partial charge in [-0.15, -0.1) is 11.7 Å². The molecule has 2 aromatic heterocycles. The molecule has 0 radical (unpaired) electrons. The van der Waals surface area contributed by atoms with Crippen molar-refractivity contribution in [2.75, 3.05) is 10.8 Å². The lowest BCUT2D eigenvalue weighted by Crippen LogP contribution is -2.32. The SMILES string of the molecule is C=CCN(c1nc2nc(C)c(Cl)c(C)n2n1)S(=O)(=O)c1ccc(C)cc1. The van der Waals surface area contributed by atoms with E-state index in [2.05, 4.69) is 21.6 Å². The smallest absolute Gasteiger partial charge is 0.228 e. The molecule has 26 heavy (non-hydrogen) atoms. The van der Waals surface area contributed by atoms with E-state index in [0.29, 0.717) is 16.4 Å². The first kappa shape index (κ1) is 18.3. The molecular formula is C17H18ClN5O2S. The van der Waals surface area contributed by atoms with Gasteiger partial charge in [0.2, 0.25) is 0 Å². The fourth-order valence-corrected chi connectivity index (χ4v) is 3.94. The maximum absolute atomic E-state index is 13.1. The summed E-state index contributed by atoms with van der Waals surface area (Å²) in [7, 11) is -3.85. The molecule has 0 aliphatic carbocycles. The molecule has 9 heteroatoms. The van der Waals surface area contributed by atoms with Gasteiger partial charge < -0.3 is 0 Å². The van der Waals surface area contributed by atoms with Crippen molar-refractivity contribution in [1.29, 1.82) is 0 Å². The highest BCUT2D eigenvalue weighted by atomic mass is 35.5. The second-order valence-corrected chi connectivity index (χ2v) is 8.10. The minimum absolute atomic E-state index is 0.0164. The van der Waals surface area contributed by atoms with E-state index in [-0.39, 0.29) is 23.2 Å². The van der Waals surface area contributed by atoms with Crippen LogP contribution in [0.2, 0.25) is 5.02 Å². The number of anilines is 1. The summed E-state index contributed by atoms with van der Waals surface area (Å²) in [5, 5.41) is 4.76. The third kappa shape index (κ3) is 3.06. The van der Waals surface area contributed by atoms with Gasteiger partial charge in [0.1, 0.15) is 0 Å². The van der Waals surface area contributed by atoms with Gasteiger partial charge in [-0.25, -0.2) is 17.7 Å². The van der Waals surface area contributed by atoms with Crippen LogP contribution in [-0.2, 0) is 10.0 Å².